The molecule has 0 bridgehead atoms. The van der Waals surface area contributed by atoms with Crippen LogP contribution in [0.2, 0.25) is 0 Å². The van der Waals surface area contributed by atoms with Crippen LogP contribution < -0.4 is 11.1 Å². The highest BCUT2D eigenvalue weighted by molar-refractivity contribution is 6.07. The van der Waals surface area contributed by atoms with E-state index in [4.69, 9.17) is 10.5 Å². The minimum atomic E-state index is -0.601. The van der Waals surface area contributed by atoms with Crippen LogP contribution >= 0.6 is 0 Å². The number of anilines is 2. The SMILES string of the molecule is CC(C)(C)OC(=O)N1CCCC(C(=O)c2ccc(Nc3c[n]([AlH2])nc3C(N)=O)cc2)C1. The molecule has 1 saturated heterocycles. The molecule has 31 heavy (non-hydrogen) atoms. The summed E-state index contributed by atoms with van der Waals surface area (Å²) in [5, 5.41) is 7.22. The van der Waals surface area contributed by atoms with Gasteiger partial charge in [-0.15, -0.1) is 0 Å². The van der Waals surface area contributed by atoms with E-state index in [2.05, 4.69) is 10.4 Å². The number of aromatic nitrogens is 2. The summed E-state index contributed by atoms with van der Waals surface area (Å²) in [6.07, 6.45) is 2.84. The molecule has 1 atom stereocenters. The molecular formula is C21H28AlN5O4. The third-order valence-electron chi connectivity index (χ3n) is 4.95. The topological polar surface area (TPSA) is 120 Å². The van der Waals surface area contributed by atoms with Gasteiger partial charge < -0.3 is 24.4 Å². The maximum Gasteiger partial charge on any atom is 0.410 e. The quantitative estimate of drug-likeness (QED) is 0.541. The van der Waals surface area contributed by atoms with Gasteiger partial charge in [-0.1, -0.05) is 0 Å². The third-order valence-corrected chi connectivity index (χ3v) is 5.41. The van der Waals surface area contributed by atoms with Crippen LogP contribution in [0, 0.1) is 5.92 Å². The maximum absolute atomic E-state index is 13.0. The van der Waals surface area contributed by atoms with Gasteiger partial charge >= 0.3 is 22.6 Å². The van der Waals surface area contributed by atoms with Crippen molar-refractivity contribution in [1.29, 1.82) is 0 Å². The Bertz CT molecular complexity index is 981. The Hall–Kier alpha value is -2.83. The van der Waals surface area contributed by atoms with E-state index in [1.165, 1.54) is 0 Å². The number of carbonyl (C=O) groups is 3. The third kappa shape index (κ3) is 5.87. The standard InChI is InChI=1S/C21H27N5O4.Al.2H/c1-21(2,3)30-20(29)26-10-4-5-14(12-26)18(27)13-6-8-15(9-7-13)24-16-11-23-25-17(16)19(22)28;;;/h6-9,11,14H,4-5,10,12H2,1-3H3,(H4,22,23,24,25,27,28);;;/q;+1;;/p-1. The summed E-state index contributed by atoms with van der Waals surface area (Å²) in [4.78, 5) is 38.5. The summed E-state index contributed by atoms with van der Waals surface area (Å²) < 4.78 is 7.08. The first kappa shape index (κ1) is 22.8. The smallest absolute Gasteiger partial charge is 0.410 e. The predicted octanol–water partition coefficient (Wildman–Crippen LogP) is 1.95. The number of ether oxygens (including phenoxy) is 1. The first-order chi connectivity index (χ1) is 14.5. The van der Waals surface area contributed by atoms with Crippen molar-refractivity contribution in [3.05, 3.63) is 41.7 Å². The van der Waals surface area contributed by atoms with E-state index >= 15 is 0 Å². The van der Waals surface area contributed by atoms with Crippen molar-refractivity contribution in [2.75, 3.05) is 18.4 Å². The van der Waals surface area contributed by atoms with Crippen molar-refractivity contribution in [1.82, 2.24) is 13.7 Å². The van der Waals surface area contributed by atoms with Crippen molar-refractivity contribution in [3.63, 3.8) is 0 Å². The number of ketones is 1. The highest BCUT2D eigenvalue weighted by atomic mass is 27.1. The van der Waals surface area contributed by atoms with Gasteiger partial charge in [0.25, 0.3) is 5.91 Å². The van der Waals surface area contributed by atoms with Gasteiger partial charge in [-0.3, -0.25) is 9.59 Å². The Morgan fingerprint density at radius 3 is 2.52 bits per heavy atom. The van der Waals surface area contributed by atoms with E-state index in [-0.39, 0.29) is 23.5 Å². The molecule has 0 spiro atoms. The number of amides is 2. The largest absolute Gasteiger partial charge is 0.444 e. The fourth-order valence-corrected chi connectivity index (χ4v) is 4.01. The molecule has 1 unspecified atom stereocenters. The summed E-state index contributed by atoms with van der Waals surface area (Å²) in [6.45, 7) is 6.43. The molecule has 10 heteroatoms. The Labute approximate surface area is 189 Å². The number of nitrogens with zero attached hydrogens (tertiary/aromatic N) is 3. The highest BCUT2D eigenvalue weighted by Crippen LogP contribution is 2.25. The van der Waals surface area contributed by atoms with Crippen LogP contribution in [0.1, 0.15) is 54.5 Å². The van der Waals surface area contributed by atoms with Crippen LogP contribution in [0.5, 0.6) is 0 Å². The lowest BCUT2D eigenvalue weighted by Crippen LogP contribution is -2.44. The van der Waals surface area contributed by atoms with Gasteiger partial charge in [0.1, 0.15) is 5.60 Å². The Morgan fingerprint density at radius 1 is 1.23 bits per heavy atom. The number of Topliss-reactive ketones (excluding diaryl/α,β-unsaturated/α-hetero) is 1. The number of hydrogen-bond acceptors (Lipinski definition) is 6. The number of primary amides is 1. The van der Waals surface area contributed by atoms with Crippen LogP contribution in [0.4, 0.5) is 16.2 Å². The molecule has 9 nitrogen and oxygen atoms in total. The molecule has 1 fully saturated rings. The molecule has 1 aromatic heterocycles. The number of rotatable bonds is 5. The van der Waals surface area contributed by atoms with E-state index in [1.807, 2.05) is 20.8 Å². The monoisotopic (exact) mass is 441 g/mol. The van der Waals surface area contributed by atoms with E-state index in [9.17, 15) is 14.4 Å². The second-order valence-electron chi connectivity index (χ2n) is 8.76. The van der Waals surface area contributed by atoms with Crippen LogP contribution in [0.25, 0.3) is 0 Å². The van der Waals surface area contributed by atoms with Gasteiger partial charge in [-0.25, -0.2) is 4.79 Å². The number of hydrogen-bond donors (Lipinski definition) is 2. The molecule has 164 valence electrons. The van der Waals surface area contributed by atoms with E-state index in [0.717, 1.165) is 12.8 Å². The minimum Gasteiger partial charge on any atom is -0.444 e. The Balaban J connectivity index is 1.66. The fourth-order valence-electron chi connectivity index (χ4n) is 3.55. The van der Waals surface area contributed by atoms with Gasteiger partial charge in [-0.2, -0.15) is 5.10 Å². The lowest BCUT2D eigenvalue weighted by atomic mass is 9.90. The van der Waals surface area contributed by atoms with Gasteiger partial charge in [0.05, 0.1) is 5.69 Å². The summed E-state index contributed by atoms with van der Waals surface area (Å²) in [7, 11) is 0. The lowest BCUT2D eigenvalue weighted by Gasteiger charge is -2.33. The molecule has 1 aliphatic rings. The summed E-state index contributed by atoms with van der Waals surface area (Å²) in [5.74, 6) is -0.856. The second-order valence-corrected chi connectivity index (χ2v) is 9.68. The zero-order valence-electron chi connectivity index (χ0n) is 18.3. The second kappa shape index (κ2) is 9.12. The minimum absolute atomic E-state index is 0.00464. The van der Waals surface area contributed by atoms with E-state index in [1.54, 1.807) is 39.0 Å². The zero-order chi connectivity index (χ0) is 22.8. The van der Waals surface area contributed by atoms with Crippen LogP contribution in [0.3, 0.4) is 0 Å². The van der Waals surface area contributed by atoms with Gasteiger partial charge in [0.15, 0.2) is 11.5 Å². The average molecular weight is 441 g/mol. The molecule has 0 saturated carbocycles. The summed E-state index contributed by atoms with van der Waals surface area (Å²) >= 11 is 0.626. The number of nitrogens with one attached hydrogen (secondary N) is 1. The Kier molecular flexibility index (Phi) is 6.72. The molecule has 3 N–H and O–H groups in total. The highest BCUT2D eigenvalue weighted by Gasteiger charge is 2.31. The molecule has 2 heterocycles. The number of carbonyl (C=O) groups excluding carboxylic acids is 3. The van der Waals surface area contributed by atoms with Gasteiger partial charge in [-0.05, 0) is 57.9 Å². The van der Waals surface area contributed by atoms with Gasteiger partial charge in [0, 0.05) is 36.5 Å². The zero-order valence-corrected chi connectivity index (χ0v) is 20.3. The molecule has 3 rings (SSSR count). The first-order valence-electron chi connectivity index (χ1n) is 10.3. The number of piperidine rings is 1. The van der Waals surface area contributed by atoms with Gasteiger partial charge in [0.2, 0.25) is 0 Å². The van der Waals surface area contributed by atoms with Crippen LogP contribution in [-0.2, 0) is 4.74 Å². The predicted molar refractivity (Wildman–Crippen MR) is 119 cm³/mol. The molecule has 0 radical (unpaired) electrons. The van der Waals surface area contributed by atoms with Crippen molar-refractivity contribution < 1.29 is 19.1 Å². The number of likely N-dealkylation sites (tertiary alicyclic amines) is 1. The molecule has 1 aliphatic heterocycles. The van der Waals surface area contributed by atoms with Crippen LogP contribution in [-0.4, -0.2) is 66.6 Å². The first-order valence-corrected chi connectivity index (χ1v) is 11.2. The van der Waals surface area contributed by atoms with E-state index < -0.39 is 11.5 Å². The van der Waals surface area contributed by atoms with E-state index in [0.29, 0.717) is 46.5 Å². The summed E-state index contributed by atoms with van der Waals surface area (Å²) in [6, 6.07) is 7.03. The number of benzene rings is 1. The van der Waals surface area contributed by atoms with Crippen LogP contribution in [0.15, 0.2) is 30.5 Å². The van der Waals surface area contributed by atoms with Crippen molar-refractivity contribution in [2.24, 2.45) is 11.7 Å². The number of nitrogens with two attached hydrogens (primary N) is 1. The van der Waals surface area contributed by atoms with Crippen molar-refractivity contribution in [3.8, 4) is 0 Å². The molecular weight excluding hydrogens is 413 g/mol. The van der Waals surface area contributed by atoms with Crippen molar-refractivity contribution in [2.45, 2.75) is 39.2 Å². The molecule has 2 aromatic rings. The molecule has 0 aliphatic carbocycles. The summed E-state index contributed by atoms with van der Waals surface area (Å²) in [5.41, 5.74) is 6.81. The molecule has 1 aromatic carbocycles. The average Bonchev–Trinajstić information content (AvgIpc) is 3.07. The van der Waals surface area contributed by atoms with Crippen molar-refractivity contribution >= 4 is 45.7 Å². The molecule has 2 amide bonds. The Morgan fingerprint density at radius 2 is 1.90 bits per heavy atom. The maximum atomic E-state index is 13.0. The normalized spacial score (nSPS) is 16.6. The fraction of sp³-hybridized carbons (Fsp3) is 0.429. The lowest BCUT2D eigenvalue weighted by molar-refractivity contribution is 0.0172.